The van der Waals surface area contributed by atoms with E-state index in [1.54, 1.807) is 10.9 Å². The number of nitrogens with zero attached hydrogens (tertiary/aromatic N) is 3. The summed E-state index contributed by atoms with van der Waals surface area (Å²) in [6, 6.07) is 12.0. The molecule has 0 amide bonds. The number of rotatable bonds is 2. The summed E-state index contributed by atoms with van der Waals surface area (Å²) in [5.74, 6) is 0.796. The van der Waals surface area contributed by atoms with Crippen molar-refractivity contribution in [3.8, 4) is 16.9 Å². The Bertz CT molecular complexity index is 705. The van der Waals surface area contributed by atoms with Gasteiger partial charge in [0.2, 0.25) is 0 Å². The molecule has 3 nitrogen and oxygen atoms in total. The second kappa shape index (κ2) is 5.27. The number of hydrogen-bond donors (Lipinski definition) is 0. The lowest BCUT2D eigenvalue weighted by Gasteiger charge is -2.00. The minimum absolute atomic E-state index is 0.796. The van der Waals surface area contributed by atoms with Gasteiger partial charge in [-0.15, -0.1) is 0 Å². The highest BCUT2D eigenvalue weighted by Crippen LogP contribution is 2.23. The third kappa shape index (κ3) is 2.77. The van der Waals surface area contributed by atoms with Crippen molar-refractivity contribution in [3.63, 3.8) is 0 Å². The van der Waals surface area contributed by atoms with Gasteiger partial charge in [0.25, 0.3) is 0 Å². The molecule has 0 radical (unpaired) electrons. The van der Waals surface area contributed by atoms with Gasteiger partial charge in [0.05, 0.1) is 6.20 Å². The van der Waals surface area contributed by atoms with E-state index >= 15 is 0 Å². The summed E-state index contributed by atoms with van der Waals surface area (Å²) in [5, 5.41) is 4.35. The van der Waals surface area contributed by atoms with Gasteiger partial charge in [-0.25, -0.2) is 9.67 Å². The molecule has 0 atom stereocenters. The second-order valence-electron chi connectivity index (χ2n) is 4.02. The highest BCUT2D eigenvalue weighted by molar-refractivity contribution is 9.10. The Labute approximate surface area is 127 Å². The third-order valence-corrected chi connectivity index (χ3v) is 3.65. The zero-order valence-electron chi connectivity index (χ0n) is 9.79. The first-order chi connectivity index (χ1) is 9.22. The quantitative estimate of drug-likeness (QED) is 0.659. The Morgan fingerprint density at radius 3 is 2.53 bits per heavy atom. The number of pyridine rings is 1. The van der Waals surface area contributed by atoms with Crippen LogP contribution in [-0.4, -0.2) is 14.8 Å². The van der Waals surface area contributed by atoms with E-state index in [2.05, 4.69) is 54.1 Å². The topological polar surface area (TPSA) is 30.7 Å². The van der Waals surface area contributed by atoms with Crippen LogP contribution in [0.5, 0.6) is 0 Å². The van der Waals surface area contributed by atoms with E-state index in [-0.39, 0.29) is 0 Å². The lowest BCUT2D eigenvalue weighted by Crippen LogP contribution is -1.96. The fourth-order valence-electron chi connectivity index (χ4n) is 1.77. The molecule has 19 heavy (non-hydrogen) atoms. The summed E-state index contributed by atoms with van der Waals surface area (Å²) in [6.45, 7) is 0. The monoisotopic (exact) mass is 377 g/mol. The molecule has 0 bridgehead atoms. The number of aromatic nitrogens is 3. The first-order valence-electron chi connectivity index (χ1n) is 5.65. The predicted molar refractivity (Wildman–Crippen MR) is 82.2 cm³/mol. The molecule has 0 aliphatic carbocycles. The molecule has 0 aliphatic heterocycles. The van der Waals surface area contributed by atoms with Crippen molar-refractivity contribution in [2.24, 2.45) is 0 Å². The molecule has 3 aromatic rings. The van der Waals surface area contributed by atoms with E-state index in [0.717, 1.165) is 25.9 Å². The highest BCUT2D eigenvalue weighted by atomic mass is 79.9. The van der Waals surface area contributed by atoms with Gasteiger partial charge in [-0.2, -0.15) is 5.10 Å². The molecule has 94 valence electrons. The van der Waals surface area contributed by atoms with Gasteiger partial charge in [-0.1, -0.05) is 28.1 Å². The Morgan fingerprint density at radius 1 is 0.895 bits per heavy atom. The van der Waals surface area contributed by atoms with E-state index in [1.807, 2.05) is 36.7 Å². The van der Waals surface area contributed by atoms with E-state index in [9.17, 15) is 0 Å². The van der Waals surface area contributed by atoms with Crippen LogP contribution >= 0.6 is 31.9 Å². The van der Waals surface area contributed by atoms with Crippen LogP contribution in [0.15, 0.2) is 63.9 Å². The van der Waals surface area contributed by atoms with Crippen LogP contribution in [0.3, 0.4) is 0 Å². The lowest BCUT2D eigenvalue weighted by molar-refractivity contribution is 0.846. The Kier molecular flexibility index (Phi) is 3.48. The van der Waals surface area contributed by atoms with Gasteiger partial charge in [-0.05, 0) is 45.8 Å². The average Bonchev–Trinajstić information content (AvgIpc) is 2.89. The molecule has 5 heteroatoms. The standard InChI is InChI=1S/C14H9Br2N3/c15-12-3-1-2-10(6-12)11-7-18-19(9-11)14-5-4-13(16)8-17-14/h1-9H. The SMILES string of the molecule is Brc1ccc(-n2cc(-c3cccc(Br)c3)cn2)nc1. The normalized spacial score (nSPS) is 10.6. The fourth-order valence-corrected chi connectivity index (χ4v) is 2.40. The summed E-state index contributed by atoms with van der Waals surface area (Å²) in [6.07, 6.45) is 5.57. The fraction of sp³-hybridized carbons (Fsp3) is 0. The molecule has 0 unspecified atom stereocenters. The van der Waals surface area contributed by atoms with E-state index in [4.69, 9.17) is 0 Å². The van der Waals surface area contributed by atoms with Gasteiger partial charge in [0.15, 0.2) is 5.82 Å². The van der Waals surface area contributed by atoms with Crippen LogP contribution in [0.25, 0.3) is 16.9 Å². The summed E-state index contributed by atoms with van der Waals surface area (Å²) in [4.78, 5) is 4.32. The summed E-state index contributed by atoms with van der Waals surface area (Å²) in [5.41, 5.74) is 2.18. The highest BCUT2D eigenvalue weighted by Gasteiger charge is 2.04. The maximum atomic E-state index is 4.35. The van der Waals surface area contributed by atoms with E-state index in [1.165, 1.54) is 0 Å². The molecule has 0 N–H and O–H groups in total. The molecule has 0 aliphatic rings. The number of benzene rings is 1. The maximum Gasteiger partial charge on any atom is 0.153 e. The molecule has 0 fully saturated rings. The van der Waals surface area contributed by atoms with Crippen molar-refractivity contribution in [3.05, 3.63) is 63.9 Å². The Balaban J connectivity index is 1.97. The van der Waals surface area contributed by atoms with Crippen molar-refractivity contribution in [1.82, 2.24) is 14.8 Å². The molecule has 0 saturated carbocycles. The Hall–Kier alpha value is -1.46. The van der Waals surface area contributed by atoms with Gasteiger partial charge in [-0.3, -0.25) is 0 Å². The van der Waals surface area contributed by atoms with Crippen LogP contribution in [-0.2, 0) is 0 Å². The molecule has 3 rings (SSSR count). The molecule has 2 heterocycles. The van der Waals surface area contributed by atoms with Crippen molar-refractivity contribution < 1.29 is 0 Å². The van der Waals surface area contributed by atoms with Crippen LogP contribution in [0.4, 0.5) is 0 Å². The van der Waals surface area contributed by atoms with Crippen molar-refractivity contribution in [1.29, 1.82) is 0 Å². The number of hydrogen-bond acceptors (Lipinski definition) is 2. The number of halogens is 2. The van der Waals surface area contributed by atoms with Crippen LogP contribution in [0.2, 0.25) is 0 Å². The van der Waals surface area contributed by atoms with Crippen LogP contribution < -0.4 is 0 Å². The summed E-state index contributed by atoms with van der Waals surface area (Å²) in [7, 11) is 0. The molecule has 1 aromatic carbocycles. The second-order valence-corrected chi connectivity index (χ2v) is 5.85. The summed E-state index contributed by atoms with van der Waals surface area (Å²) < 4.78 is 3.78. The lowest BCUT2D eigenvalue weighted by atomic mass is 10.1. The maximum absolute atomic E-state index is 4.35. The van der Waals surface area contributed by atoms with Crippen molar-refractivity contribution in [2.75, 3.05) is 0 Å². The van der Waals surface area contributed by atoms with Gasteiger partial charge in [0.1, 0.15) is 0 Å². The largest absolute Gasteiger partial charge is 0.236 e. The molecular formula is C14H9Br2N3. The minimum Gasteiger partial charge on any atom is -0.236 e. The van der Waals surface area contributed by atoms with Gasteiger partial charge >= 0.3 is 0 Å². The van der Waals surface area contributed by atoms with E-state index in [0.29, 0.717) is 0 Å². The van der Waals surface area contributed by atoms with Gasteiger partial charge < -0.3 is 0 Å². The zero-order valence-corrected chi connectivity index (χ0v) is 13.0. The minimum atomic E-state index is 0.796. The first-order valence-corrected chi connectivity index (χ1v) is 7.23. The molecular weight excluding hydrogens is 370 g/mol. The van der Waals surface area contributed by atoms with Crippen LogP contribution in [0, 0.1) is 0 Å². The van der Waals surface area contributed by atoms with Crippen molar-refractivity contribution in [2.45, 2.75) is 0 Å². The predicted octanol–water partition coefficient (Wildman–Crippen LogP) is 4.46. The van der Waals surface area contributed by atoms with E-state index < -0.39 is 0 Å². The Morgan fingerprint density at radius 2 is 1.79 bits per heavy atom. The smallest absolute Gasteiger partial charge is 0.153 e. The third-order valence-electron chi connectivity index (χ3n) is 2.69. The molecule has 0 saturated heterocycles. The summed E-state index contributed by atoms with van der Waals surface area (Å²) >= 11 is 6.84. The average molecular weight is 379 g/mol. The van der Waals surface area contributed by atoms with Crippen molar-refractivity contribution >= 4 is 31.9 Å². The first kappa shape index (κ1) is 12.6. The van der Waals surface area contributed by atoms with Crippen LogP contribution in [0.1, 0.15) is 0 Å². The zero-order chi connectivity index (χ0) is 13.2. The van der Waals surface area contributed by atoms with Gasteiger partial charge in [0, 0.05) is 26.9 Å². The molecule has 0 spiro atoms. The molecule has 2 aromatic heterocycles.